The Morgan fingerprint density at radius 3 is 2.52 bits per heavy atom. The minimum atomic E-state index is -0.385. The summed E-state index contributed by atoms with van der Waals surface area (Å²) in [5, 5.41) is 10.6. The van der Waals surface area contributed by atoms with E-state index in [1.165, 1.54) is 7.11 Å². The average molecular weight is 409 g/mol. The first-order chi connectivity index (χ1) is 14.0. The molecule has 0 aliphatic rings. The van der Waals surface area contributed by atoms with Crippen molar-refractivity contribution in [2.45, 2.75) is 0 Å². The van der Waals surface area contributed by atoms with Gasteiger partial charge in [-0.05, 0) is 47.5 Å². The first kappa shape index (κ1) is 18.6. The fourth-order valence-electron chi connectivity index (χ4n) is 3.03. The number of rotatable bonds is 4. The van der Waals surface area contributed by atoms with Crippen LogP contribution in [0.3, 0.4) is 0 Å². The van der Waals surface area contributed by atoms with Crippen LogP contribution in [0.2, 0.25) is 5.02 Å². The Balaban J connectivity index is 1.49. The van der Waals surface area contributed by atoms with Crippen molar-refractivity contribution in [1.82, 2.24) is 5.16 Å². The van der Waals surface area contributed by atoms with Crippen LogP contribution in [0, 0.1) is 0 Å². The molecule has 0 unspecified atom stereocenters. The molecule has 1 aromatic heterocycles. The van der Waals surface area contributed by atoms with Crippen molar-refractivity contribution in [3.05, 3.63) is 65.7 Å². The molecule has 3 aromatic carbocycles. The van der Waals surface area contributed by atoms with Gasteiger partial charge in [0.15, 0.2) is 0 Å². The van der Waals surface area contributed by atoms with Crippen LogP contribution in [0.4, 0.5) is 22.1 Å². The molecule has 0 aliphatic heterocycles. The number of anilines is 3. The number of carbonyl (C=O) groups is 1. The highest BCUT2D eigenvalue weighted by molar-refractivity contribution is 6.32. The lowest BCUT2D eigenvalue weighted by molar-refractivity contribution is 0.262. The number of carbonyl (C=O) groups excluding carboxylic acids is 1. The maximum atomic E-state index is 12.3. The van der Waals surface area contributed by atoms with E-state index in [1.54, 1.807) is 30.3 Å². The molecule has 0 aliphatic carbocycles. The quantitative estimate of drug-likeness (QED) is 0.420. The molecular formula is C21H17ClN4O3. The van der Waals surface area contributed by atoms with Crippen molar-refractivity contribution in [3.63, 3.8) is 0 Å². The highest BCUT2D eigenvalue weighted by atomic mass is 35.5. The zero-order valence-corrected chi connectivity index (χ0v) is 16.2. The summed E-state index contributed by atoms with van der Waals surface area (Å²) in [6.07, 6.45) is 0. The number of ether oxygens (including phenoxy) is 1. The summed E-state index contributed by atoms with van der Waals surface area (Å²) < 4.78 is 10.2. The van der Waals surface area contributed by atoms with E-state index >= 15 is 0 Å². The molecule has 4 rings (SSSR count). The smallest absolute Gasteiger partial charge is 0.323 e. The van der Waals surface area contributed by atoms with Gasteiger partial charge in [0.2, 0.25) is 5.88 Å². The summed E-state index contributed by atoms with van der Waals surface area (Å²) in [7, 11) is 1.53. The maximum Gasteiger partial charge on any atom is 0.323 e. The second-order valence-electron chi connectivity index (χ2n) is 6.25. The number of fused-ring (bicyclic) bond motifs is 1. The Labute approximate surface area is 171 Å². The number of nitrogens with two attached hydrogens (primary N) is 1. The molecule has 8 heteroatoms. The molecule has 0 saturated carbocycles. The maximum absolute atomic E-state index is 12.3. The molecule has 0 spiro atoms. The third-order valence-corrected chi connectivity index (χ3v) is 4.69. The van der Waals surface area contributed by atoms with Crippen LogP contribution >= 0.6 is 11.6 Å². The molecule has 0 bridgehead atoms. The Kier molecular flexibility index (Phi) is 4.97. The van der Waals surface area contributed by atoms with Crippen molar-refractivity contribution in [2.75, 3.05) is 23.5 Å². The molecule has 0 atom stereocenters. The van der Waals surface area contributed by atoms with Crippen LogP contribution in [-0.4, -0.2) is 18.3 Å². The number of nitrogen functional groups attached to an aromatic ring is 1. The number of benzene rings is 3. The molecule has 2 amide bonds. The van der Waals surface area contributed by atoms with Gasteiger partial charge in [0.05, 0.1) is 17.5 Å². The zero-order valence-electron chi connectivity index (χ0n) is 15.4. The molecular weight excluding hydrogens is 392 g/mol. The predicted molar refractivity (Wildman–Crippen MR) is 115 cm³/mol. The van der Waals surface area contributed by atoms with Crippen LogP contribution in [0.15, 0.2) is 65.2 Å². The van der Waals surface area contributed by atoms with Crippen molar-refractivity contribution in [3.8, 4) is 16.9 Å². The zero-order chi connectivity index (χ0) is 20.4. The van der Waals surface area contributed by atoms with Gasteiger partial charge in [-0.1, -0.05) is 41.0 Å². The summed E-state index contributed by atoms with van der Waals surface area (Å²) in [4.78, 5) is 12.3. The Hall–Kier alpha value is -3.71. The third-order valence-electron chi connectivity index (χ3n) is 4.39. The summed E-state index contributed by atoms with van der Waals surface area (Å²) >= 11 is 6.08. The number of hydrogen-bond acceptors (Lipinski definition) is 5. The van der Waals surface area contributed by atoms with Gasteiger partial charge in [-0.3, -0.25) is 0 Å². The summed E-state index contributed by atoms with van der Waals surface area (Å²) in [5.74, 6) is 0.812. The first-order valence-corrected chi connectivity index (χ1v) is 9.09. The van der Waals surface area contributed by atoms with Gasteiger partial charge in [-0.2, -0.15) is 0 Å². The fraction of sp³-hybridized carbons (Fsp3) is 0.0476. The highest BCUT2D eigenvalue weighted by Gasteiger charge is 2.12. The second-order valence-corrected chi connectivity index (χ2v) is 6.66. The number of halogens is 1. The molecule has 0 saturated heterocycles. The largest absolute Gasteiger partial charge is 0.495 e. The first-order valence-electron chi connectivity index (χ1n) is 8.71. The van der Waals surface area contributed by atoms with Crippen LogP contribution < -0.4 is 21.1 Å². The highest BCUT2D eigenvalue weighted by Crippen LogP contribution is 2.33. The summed E-state index contributed by atoms with van der Waals surface area (Å²) in [6, 6.07) is 17.7. The van der Waals surface area contributed by atoms with Crippen LogP contribution in [-0.2, 0) is 0 Å². The van der Waals surface area contributed by atoms with Crippen molar-refractivity contribution in [1.29, 1.82) is 0 Å². The number of urea groups is 1. The van der Waals surface area contributed by atoms with E-state index in [1.807, 2.05) is 30.3 Å². The van der Waals surface area contributed by atoms with Crippen molar-refractivity contribution in [2.24, 2.45) is 0 Å². The van der Waals surface area contributed by atoms with Gasteiger partial charge in [0, 0.05) is 11.4 Å². The summed E-state index contributed by atoms with van der Waals surface area (Å²) in [6.45, 7) is 0. The molecule has 1 heterocycles. The third kappa shape index (κ3) is 3.81. The normalized spacial score (nSPS) is 10.7. The van der Waals surface area contributed by atoms with Crippen LogP contribution in [0.1, 0.15) is 0 Å². The van der Waals surface area contributed by atoms with Gasteiger partial charge in [-0.25, -0.2) is 4.79 Å². The van der Waals surface area contributed by atoms with E-state index in [9.17, 15) is 4.79 Å². The van der Waals surface area contributed by atoms with E-state index in [0.29, 0.717) is 27.7 Å². The monoisotopic (exact) mass is 408 g/mol. The minimum absolute atomic E-state index is 0.273. The number of nitrogens with zero attached hydrogens (tertiary/aromatic N) is 1. The van der Waals surface area contributed by atoms with E-state index < -0.39 is 0 Å². The Morgan fingerprint density at radius 1 is 1.07 bits per heavy atom. The molecule has 0 radical (unpaired) electrons. The van der Waals surface area contributed by atoms with E-state index in [4.69, 9.17) is 26.6 Å². The fourth-order valence-corrected chi connectivity index (χ4v) is 3.29. The van der Waals surface area contributed by atoms with Gasteiger partial charge < -0.3 is 25.6 Å². The lowest BCUT2D eigenvalue weighted by Gasteiger charge is -2.10. The molecule has 29 heavy (non-hydrogen) atoms. The standard InChI is InChI=1S/C21H17ClN4O3/c1-28-18-10-9-14(11-16(18)22)25-21(27)24-13-7-5-12(6-8-13)15-3-2-4-17-19(15)20(23)29-26-17/h2-11H,23H2,1H3,(H2,24,25,27). The van der Waals surface area contributed by atoms with E-state index in [2.05, 4.69) is 15.8 Å². The Morgan fingerprint density at radius 2 is 1.79 bits per heavy atom. The lowest BCUT2D eigenvalue weighted by atomic mass is 10.0. The molecule has 4 N–H and O–H groups in total. The predicted octanol–water partition coefficient (Wildman–Crippen LogP) is 5.38. The number of aromatic nitrogens is 1. The topological polar surface area (TPSA) is 102 Å². The minimum Gasteiger partial charge on any atom is -0.495 e. The van der Waals surface area contributed by atoms with E-state index in [0.717, 1.165) is 16.5 Å². The number of nitrogens with one attached hydrogen (secondary N) is 2. The van der Waals surface area contributed by atoms with E-state index in [-0.39, 0.29) is 11.9 Å². The summed E-state index contributed by atoms with van der Waals surface area (Å²) in [5.41, 5.74) is 9.62. The molecule has 0 fully saturated rings. The number of hydrogen-bond donors (Lipinski definition) is 3. The Bertz CT molecular complexity index is 1190. The van der Waals surface area contributed by atoms with Crippen molar-refractivity contribution >= 4 is 45.8 Å². The van der Waals surface area contributed by atoms with Crippen LogP contribution in [0.5, 0.6) is 5.75 Å². The van der Waals surface area contributed by atoms with Crippen LogP contribution in [0.25, 0.3) is 22.0 Å². The molecule has 4 aromatic rings. The number of methoxy groups -OCH3 is 1. The molecule has 7 nitrogen and oxygen atoms in total. The van der Waals surface area contributed by atoms with Gasteiger partial charge in [-0.15, -0.1) is 0 Å². The SMILES string of the molecule is COc1ccc(NC(=O)Nc2ccc(-c3cccc4noc(N)c34)cc2)cc1Cl. The number of amides is 2. The lowest BCUT2D eigenvalue weighted by Crippen LogP contribution is -2.19. The second kappa shape index (κ2) is 7.73. The van der Waals surface area contributed by atoms with Gasteiger partial charge in [0.1, 0.15) is 11.3 Å². The van der Waals surface area contributed by atoms with Gasteiger partial charge in [0.25, 0.3) is 0 Å². The average Bonchev–Trinajstić information content (AvgIpc) is 3.10. The van der Waals surface area contributed by atoms with Crippen molar-refractivity contribution < 1.29 is 14.1 Å². The van der Waals surface area contributed by atoms with Gasteiger partial charge >= 0.3 is 6.03 Å². The molecule has 146 valence electrons.